The second-order valence-electron chi connectivity index (χ2n) is 4.01. The molecule has 0 radical (unpaired) electrons. The zero-order valence-electron chi connectivity index (χ0n) is 9.06. The normalized spacial score (nSPS) is 17.1. The number of likely N-dealkylation sites (tertiary alicyclic amines) is 1. The number of halogens is 1. The molecule has 0 spiro atoms. The number of carboxylic acid groups (broad SMARTS) is 1. The lowest BCUT2D eigenvalue weighted by molar-refractivity contribution is -0.143. The van der Waals surface area contributed by atoms with Gasteiger partial charge < -0.3 is 14.4 Å². The molecular formula is C11H12ClNO4. The topological polar surface area (TPSA) is 70.8 Å². The number of hydrogen-bond donors (Lipinski definition) is 1. The molecule has 0 saturated carbocycles. The molecule has 5 nitrogen and oxygen atoms in total. The van der Waals surface area contributed by atoms with E-state index in [1.165, 1.54) is 12.3 Å². The van der Waals surface area contributed by atoms with E-state index in [4.69, 9.17) is 21.1 Å². The van der Waals surface area contributed by atoms with E-state index in [9.17, 15) is 9.59 Å². The molecule has 1 N–H and O–H groups in total. The quantitative estimate of drug-likeness (QED) is 0.878. The Balaban J connectivity index is 2.00. The number of carbonyl (C=O) groups is 2. The third-order valence-corrected chi connectivity index (χ3v) is 3.27. The molecule has 1 aromatic heterocycles. The van der Waals surface area contributed by atoms with Gasteiger partial charge in [-0.2, -0.15) is 0 Å². The van der Waals surface area contributed by atoms with Crippen LogP contribution in [0.4, 0.5) is 0 Å². The Morgan fingerprint density at radius 3 is 2.53 bits per heavy atom. The van der Waals surface area contributed by atoms with Crippen molar-refractivity contribution < 1.29 is 19.1 Å². The summed E-state index contributed by atoms with van der Waals surface area (Å²) >= 11 is 5.72. The minimum Gasteiger partial charge on any atom is -0.481 e. The zero-order chi connectivity index (χ0) is 12.4. The van der Waals surface area contributed by atoms with E-state index in [0.29, 0.717) is 31.5 Å². The van der Waals surface area contributed by atoms with Crippen LogP contribution in [0.3, 0.4) is 0 Å². The molecule has 1 aliphatic rings. The molecule has 0 atom stereocenters. The van der Waals surface area contributed by atoms with E-state index < -0.39 is 5.97 Å². The summed E-state index contributed by atoms with van der Waals surface area (Å²) in [6.45, 7) is 0.884. The first kappa shape index (κ1) is 12.0. The second-order valence-corrected chi connectivity index (χ2v) is 4.36. The van der Waals surface area contributed by atoms with Crippen LogP contribution in [0.2, 0.25) is 5.22 Å². The molecule has 6 heteroatoms. The molecule has 0 bridgehead atoms. The molecule has 2 heterocycles. The molecule has 0 unspecified atom stereocenters. The lowest BCUT2D eigenvalue weighted by Gasteiger charge is -2.29. The van der Waals surface area contributed by atoms with Gasteiger partial charge in [0.25, 0.3) is 5.91 Å². The minimum absolute atomic E-state index is 0.0790. The van der Waals surface area contributed by atoms with Crippen LogP contribution < -0.4 is 0 Å². The maximum Gasteiger partial charge on any atom is 0.306 e. The van der Waals surface area contributed by atoms with Crippen LogP contribution in [-0.4, -0.2) is 35.0 Å². The van der Waals surface area contributed by atoms with Gasteiger partial charge in [0.1, 0.15) is 0 Å². The largest absolute Gasteiger partial charge is 0.481 e. The minimum atomic E-state index is -0.793. The summed E-state index contributed by atoms with van der Waals surface area (Å²) in [6, 6.07) is 1.52. The van der Waals surface area contributed by atoms with Crippen molar-refractivity contribution in [2.45, 2.75) is 12.8 Å². The van der Waals surface area contributed by atoms with Crippen LogP contribution in [0.15, 0.2) is 16.7 Å². The molecule has 92 valence electrons. The Morgan fingerprint density at radius 2 is 2.06 bits per heavy atom. The number of piperidine rings is 1. The molecule has 0 aliphatic carbocycles. The van der Waals surface area contributed by atoms with Gasteiger partial charge in [-0.05, 0) is 30.5 Å². The fourth-order valence-corrected chi connectivity index (χ4v) is 2.14. The Kier molecular flexibility index (Phi) is 3.38. The van der Waals surface area contributed by atoms with Crippen molar-refractivity contribution in [3.63, 3.8) is 0 Å². The van der Waals surface area contributed by atoms with Crippen molar-refractivity contribution in [2.75, 3.05) is 13.1 Å². The highest BCUT2D eigenvalue weighted by Gasteiger charge is 2.28. The highest BCUT2D eigenvalue weighted by Crippen LogP contribution is 2.23. The number of rotatable bonds is 2. The van der Waals surface area contributed by atoms with Crippen molar-refractivity contribution >= 4 is 23.5 Å². The summed E-state index contributed by atoms with van der Waals surface area (Å²) in [7, 11) is 0. The van der Waals surface area contributed by atoms with E-state index in [2.05, 4.69) is 0 Å². The maximum absolute atomic E-state index is 12.0. The number of carboxylic acids is 1. The van der Waals surface area contributed by atoms with Gasteiger partial charge in [0.2, 0.25) is 5.22 Å². The molecule has 1 fully saturated rings. The zero-order valence-corrected chi connectivity index (χ0v) is 9.81. The van der Waals surface area contributed by atoms with Gasteiger partial charge in [-0.15, -0.1) is 0 Å². The number of nitrogens with zero attached hydrogens (tertiary/aromatic N) is 1. The molecule has 2 rings (SSSR count). The first-order valence-corrected chi connectivity index (χ1v) is 5.72. The lowest BCUT2D eigenvalue weighted by atomic mass is 9.97. The third-order valence-electron chi connectivity index (χ3n) is 2.98. The number of furan rings is 1. The van der Waals surface area contributed by atoms with Crippen LogP contribution in [0.25, 0.3) is 0 Å². The van der Waals surface area contributed by atoms with Crippen molar-refractivity contribution in [3.8, 4) is 0 Å². The predicted octanol–water partition coefficient (Wildman–Crippen LogP) is 1.87. The van der Waals surface area contributed by atoms with E-state index in [0.717, 1.165) is 0 Å². The molecule has 1 aromatic rings. The average Bonchev–Trinajstić information content (AvgIpc) is 2.74. The fraction of sp³-hybridized carbons (Fsp3) is 0.455. The number of amides is 1. The van der Waals surface area contributed by atoms with Gasteiger partial charge in [-0.25, -0.2) is 0 Å². The van der Waals surface area contributed by atoms with Crippen LogP contribution in [0, 0.1) is 5.92 Å². The van der Waals surface area contributed by atoms with Crippen LogP contribution in [0.1, 0.15) is 23.2 Å². The highest BCUT2D eigenvalue weighted by molar-refractivity contribution is 6.32. The van der Waals surface area contributed by atoms with Gasteiger partial charge in [0, 0.05) is 13.1 Å². The fourth-order valence-electron chi connectivity index (χ4n) is 1.95. The highest BCUT2D eigenvalue weighted by atomic mass is 35.5. The van der Waals surface area contributed by atoms with Crippen LogP contribution >= 0.6 is 11.6 Å². The number of hydrogen-bond acceptors (Lipinski definition) is 3. The molecule has 1 saturated heterocycles. The van der Waals surface area contributed by atoms with Gasteiger partial charge >= 0.3 is 5.97 Å². The summed E-state index contributed by atoms with van der Waals surface area (Å²) in [5, 5.41) is 8.93. The predicted molar refractivity (Wildman–Crippen MR) is 60.0 cm³/mol. The van der Waals surface area contributed by atoms with Gasteiger partial charge in [-0.3, -0.25) is 9.59 Å². The molecule has 17 heavy (non-hydrogen) atoms. The van der Waals surface area contributed by atoms with Gasteiger partial charge in [-0.1, -0.05) is 0 Å². The van der Waals surface area contributed by atoms with Crippen molar-refractivity contribution in [3.05, 3.63) is 23.1 Å². The average molecular weight is 258 g/mol. The summed E-state index contributed by atoms with van der Waals surface area (Å²) < 4.78 is 4.86. The number of carbonyl (C=O) groups excluding carboxylic acids is 1. The Morgan fingerprint density at radius 1 is 1.41 bits per heavy atom. The second kappa shape index (κ2) is 4.79. The smallest absolute Gasteiger partial charge is 0.306 e. The molecule has 0 aromatic carbocycles. The third kappa shape index (κ3) is 2.44. The maximum atomic E-state index is 12.0. The van der Waals surface area contributed by atoms with Crippen LogP contribution in [0.5, 0.6) is 0 Å². The van der Waals surface area contributed by atoms with Crippen molar-refractivity contribution in [1.82, 2.24) is 4.90 Å². The molecular weight excluding hydrogens is 246 g/mol. The van der Waals surface area contributed by atoms with E-state index in [1.807, 2.05) is 0 Å². The first-order chi connectivity index (χ1) is 8.09. The summed E-state index contributed by atoms with van der Waals surface area (Å²) in [4.78, 5) is 24.4. The van der Waals surface area contributed by atoms with Crippen LogP contribution in [-0.2, 0) is 4.79 Å². The standard InChI is InChI=1S/C11H12ClNO4/c12-9-8(3-6-17-9)10(14)13-4-1-7(2-5-13)11(15)16/h3,6-7H,1-2,4-5H2,(H,15,16). The Bertz CT molecular complexity index is 434. The Labute approximate surface area is 103 Å². The van der Waals surface area contributed by atoms with Gasteiger partial charge in [0.05, 0.1) is 17.7 Å². The summed E-state index contributed by atoms with van der Waals surface area (Å²) in [5.41, 5.74) is 0.334. The SMILES string of the molecule is O=C(O)C1CCN(C(=O)c2ccoc2Cl)CC1. The van der Waals surface area contributed by atoms with Gasteiger partial charge in [0.15, 0.2) is 0 Å². The van der Waals surface area contributed by atoms with Crippen molar-refractivity contribution in [2.24, 2.45) is 5.92 Å². The molecule has 1 amide bonds. The lowest BCUT2D eigenvalue weighted by Crippen LogP contribution is -2.40. The summed E-state index contributed by atoms with van der Waals surface area (Å²) in [5.74, 6) is -1.34. The summed E-state index contributed by atoms with van der Waals surface area (Å²) in [6.07, 6.45) is 2.33. The van der Waals surface area contributed by atoms with E-state index in [1.54, 1.807) is 4.90 Å². The Hall–Kier alpha value is -1.49. The van der Waals surface area contributed by atoms with Crippen molar-refractivity contribution in [1.29, 1.82) is 0 Å². The first-order valence-electron chi connectivity index (χ1n) is 5.34. The molecule has 1 aliphatic heterocycles. The number of aliphatic carboxylic acids is 1. The monoisotopic (exact) mass is 257 g/mol. The van der Waals surface area contributed by atoms with E-state index >= 15 is 0 Å². The van der Waals surface area contributed by atoms with E-state index in [-0.39, 0.29) is 17.0 Å².